The summed E-state index contributed by atoms with van der Waals surface area (Å²) in [7, 11) is 0. The van der Waals surface area contributed by atoms with E-state index in [1.165, 1.54) is 12.0 Å². The Morgan fingerprint density at radius 2 is 1.72 bits per heavy atom. The van der Waals surface area contributed by atoms with E-state index in [1.54, 1.807) is 0 Å². The van der Waals surface area contributed by atoms with Crippen molar-refractivity contribution in [2.45, 2.75) is 91.3 Å². The lowest BCUT2D eigenvalue weighted by atomic mass is 9.99. The van der Waals surface area contributed by atoms with Crippen LogP contribution in [0, 0.1) is 0 Å². The van der Waals surface area contributed by atoms with Gasteiger partial charge in [-0.2, -0.15) is 0 Å². The SMILES string of the molecule is CC(C)=CCC[C@@H](C)N[C@@H](C)CCCC(C)(C)O. The van der Waals surface area contributed by atoms with Gasteiger partial charge < -0.3 is 10.4 Å². The van der Waals surface area contributed by atoms with Crippen LogP contribution in [0.2, 0.25) is 0 Å². The summed E-state index contributed by atoms with van der Waals surface area (Å²) in [4.78, 5) is 0. The number of aliphatic hydroxyl groups is 1. The molecule has 0 aromatic carbocycles. The topological polar surface area (TPSA) is 32.3 Å². The largest absolute Gasteiger partial charge is 0.390 e. The maximum Gasteiger partial charge on any atom is 0.0591 e. The predicted molar refractivity (Wildman–Crippen MR) is 80.9 cm³/mol. The molecule has 2 heteroatoms. The van der Waals surface area contributed by atoms with Crippen LogP contribution in [0.5, 0.6) is 0 Å². The van der Waals surface area contributed by atoms with E-state index < -0.39 is 5.60 Å². The zero-order valence-corrected chi connectivity index (χ0v) is 13.2. The normalized spacial score (nSPS) is 15.3. The molecule has 0 saturated carbocycles. The molecule has 0 aliphatic heterocycles. The van der Waals surface area contributed by atoms with Crippen LogP contribution >= 0.6 is 0 Å². The van der Waals surface area contributed by atoms with E-state index in [2.05, 4.69) is 39.1 Å². The molecule has 0 rings (SSSR count). The Morgan fingerprint density at radius 3 is 2.22 bits per heavy atom. The molecule has 0 aromatic heterocycles. The van der Waals surface area contributed by atoms with Gasteiger partial charge in [-0.15, -0.1) is 0 Å². The highest BCUT2D eigenvalue weighted by atomic mass is 16.3. The van der Waals surface area contributed by atoms with Gasteiger partial charge in [0.2, 0.25) is 0 Å². The van der Waals surface area contributed by atoms with E-state index >= 15 is 0 Å². The Morgan fingerprint density at radius 1 is 1.17 bits per heavy atom. The molecule has 0 saturated heterocycles. The van der Waals surface area contributed by atoms with Crippen molar-refractivity contribution in [3.63, 3.8) is 0 Å². The third-order valence-corrected chi connectivity index (χ3v) is 3.15. The maximum atomic E-state index is 9.65. The van der Waals surface area contributed by atoms with Gasteiger partial charge >= 0.3 is 0 Å². The molecule has 0 amide bonds. The number of allylic oxidation sites excluding steroid dienone is 2. The Labute approximate surface area is 114 Å². The Bertz CT molecular complexity index is 236. The molecule has 0 bridgehead atoms. The van der Waals surface area contributed by atoms with Crippen LogP contribution in [0.15, 0.2) is 11.6 Å². The minimum absolute atomic E-state index is 0.519. The lowest BCUT2D eigenvalue weighted by molar-refractivity contribution is 0.0674. The van der Waals surface area contributed by atoms with E-state index in [-0.39, 0.29) is 0 Å². The van der Waals surface area contributed by atoms with Gasteiger partial charge in [-0.05, 0) is 73.6 Å². The van der Waals surface area contributed by atoms with Gasteiger partial charge in [0.25, 0.3) is 0 Å². The first kappa shape index (κ1) is 17.7. The highest BCUT2D eigenvalue weighted by molar-refractivity contribution is 4.93. The monoisotopic (exact) mass is 255 g/mol. The first-order chi connectivity index (χ1) is 8.20. The quantitative estimate of drug-likeness (QED) is 0.609. The van der Waals surface area contributed by atoms with Gasteiger partial charge in [0.05, 0.1) is 5.60 Å². The van der Waals surface area contributed by atoms with Gasteiger partial charge in [-0.1, -0.05) is 11.6 Å². The summed E-state index contributed by atoms with van der Waals surface area (Å²) in [5, 5.41) is 13.3. The predicted octanol–water partition coefficient (Wildman–Crippen LogP) is 4.04. The summed E-state index contributed by atoms with van der Waals surface area (Å²) in [5.41, 5.74) is 0.884. The summed E-state index contributed by atoms with van der Waals surface area (Å²) in [5.74, 6) is 0. The summed E-state index contributed by atoms with van der Waals surface area (Å²) in [6, 6.07) is 1.10. The first-order valence-corrected chi connectivity index (χ1v) is 7.32. The second-order valence-corrected chi connectivity index (χ2v) is 6.53. The molecule has 2 N–H and O–H groups in total. The van der Waals surface area contributed by atoms with Crippen molar-refractivity contribution in [3.05, 3.63) is 11.6 Å². The average Bonchev–Trinajstić information content (AvgIpc) is 2.14. The van der Waals surface area contributed by atoms with Crippen LogP contribution in [0.25, 0.3) is 0 Å². The van der Waals surface area contributed by atoms with Gasteiger partial charge in [0.15, 0.2) is 0 Å². The fraction of sp³-hybridized carbons (Fsp3) is 0.875. The lowest BCUT2D eigenvalue weighted by Gasteiger charge is -2.22. The van der Waals surface area contributed by atoms with Crippen LogP contribution in [0.4, 0.5) is 0 Å². The molecular weight excluding hydrogens is 222 g/mol. The van der Waals surface area contributed by atoms with E-state index in [1.807, 2.05) is 13.8 Å². The molecule has 18 heavy (non-hydrogen) atoms. The lowest BCUT2D eigenvalue weighted by Crippen LogP contribution is -2.34. The standard InChI is InChI=1S/C16H33NO/c1-13(2)9-7-10-14(3)17-15(4)11-8-12-16(5,6)18/h9,14-15,17-18H,7-8,10-12H2,1-6H3/t14-,15+/m1/s1. The molecular formula is C16H33NO. The fourth-order valence-corrected chi connectivity index (χ4v) is 2.12. The first-order valence-electron chi connectivity index (χ1n) is 7.32. The maximum absolute atomic E-state index is 9.65. The van der Waals surface area contributed by atoms with Crippen molar-refractivity contribution in [2.24, 2.45) is 0 Å². The van der Waals surface area contributed by atoms with E-state index in [9.17, 15) is 5.11 Å². The molecule has 0 spiro atoms. The minimum atomic E-state index is -0.519. The Kier molecular flexibility index (Phi) is 8.54. The molecule has 0 fully saturated rings. The second kappa shape index (κ2) is 8.71. The van der Waals surface area contributed by atoms with Crippen LogP contribution in [-0.4, -0.2) is 22.8 Å². The summed E-state index contributed by atoms with van der Waals surface area (Å²) in [6.07, 6.45) is 7.76. The second-order valence-electron chi connectivity index (χ2n) is 6.53. The molecule has 2 atom stereocenters. The fourth-order valence-electron chi connectivity index (χ4n) is 2.12. The number of nitrogens with one attached hydrogen (secondary N) is 1. The zero-order chi connectivity index (χ0) is 14.2. The van der Waals surface area contributed by atoms with Crippen molar-refractivity contribution in [3.8, 4) is 0 Å². The number of hydrogen-bond acceptors (Lipinski definition) is 2. The van der Waals surface area contributed by atoms with Crippen molar-refractivity contribution in [1.29, 1.82) is 0 Å². The summed E-state index contributed by atoms with van der Waals surface area (Å²) in [6.45, 7) is 12.6. The van der Waals surface area contributed by atoms with E-state index in [0.29, 0.717) is 12.1 Å². The van der Waals surface area contributed by atoms with Crippen molar-refractivity contribution in [2.75, 3.05) is 0 Å². The van der Waals surface area contributed by atoms with Gasteiger partial charge in [0, 0.05) is 12.1 Å². The van der Waals surface area contributed by atoms with Gasteiger partial charge in [-0.3, -0.25) is 0 Å². The highest BCUT2D eigenvalue weighted by Gasteiger charge is 2.13. The van der Waals surface area contributed by atoms with Crippen molar-refractivity contribution < 1.29 is 5.11 Å². The van der Waals surface area contributed by atoms with Gasteiger partial charge in [-0.25, -0.2) is 0 Å². The van der Waals surface area contributed by atoms with E-state index in [4.69, 9.17) is 0 Å². The molecule has 0 radical (unpaired) electrons. The summed E-state index contributed by atoms with van der Waals surface area (Å²) >= 11 is 0. The zero-order valence-electron chi connectivity index (χ0n) is 13.2. The number of rotatable bonds is 9. The number of hydrogen-bond donors (Lipinski definition) is 2. The van der Waals surface area contributed by atoms with Gasteiger partial charge in [0.1, 0.15) is 0 Å². The molecule has 0 aromatic rings. The molecule has 0 aliphatic rings. The van der Waals surface area contributed by atoms with Crippen molar-refractivity contribution in [1.82, 2.24) is 5.32 Å². The molecule has 0 unspecified atom stereocenters. The Hall–Kier alpha value is -0.340. The van der Waals surface area contributed by atoms with E-state index in [0.717, 1.165) is 25.7 Å². The van der Waals surface area contributed by atoms with Crippen LogP contribution in [0.1, 0.15) is 73.6 Å². The Balaban J connectivity index is 3.67. The molecule has 0 aliphatic carbocycles. The molecule has 108 valence electrons. The van der Waals surface area contributed by atoms with Crippen LogP contribution < -0.4 is 5.32 Å². The smallest absolute Gasteiger partial charge is 0.0591 e. The third-order valence-electron chi connectivity index (χ3n) is 3.15. The van der Waals surface area contributed by atoms with Crippen LogP contribution in [-0.2, 0) is 0 Å². The highest BCUT2D eigenvalue weighted by Crippen LogP contribution is 2.13. The van der Waals surface area contributed by atoms with Crippen LogP contribution in [0.3, 0.4) is 0 Å². The third kappa shape index (κ3) is 12.1. The molecule has 2 nitrogen and oxygen atoms in total. The molecule has 0 heterocycles. The minimum Gasteiger partial charge on any atom is -0.390 e. The van der Waals surface area contributed by atoms with Crippen molar-refractivity contribution >= 4 is 0 Å². The summed E-state index contributed by atoms with van der Waals surface area (Å²) < 4.78 is 0. The average molecular weight is 255 g/mol.